The van der Waals surface area contributed by atoms with E-state index in [1.54, 1.807) is 0 Å². The molecule has 6 heteroatoms. The summed E-state index contributed by atoms with van der Waals surface area (Å²) in [6.07, 6.45) is 63.8. The molecule has 0 aliphatic heterocycles. The maximum absolute atomic E-state index is 12.7. The summed E-state index contributed by atoms with van der Waals surface area (Å²) in [5, 5.41) is 0. The van der Waals surface area contributed by atoms with Gasteiger partial charge in [-0.05, 0) is 70.6 Å². The number of unbranched alkanes of at least 4 members (excludes halogenated alkanes) is 27. The predicted molar refractivity (Wildman–Crippen MR) is 270 cm³/mol. The molecule has 1 atom stereocenters. The van der Waals surface area contributed by atoms with Gasteiger partial charge in [0.25, 0.3) is 0 Å². The minimum Gasteiger partial charge on any atom is -0.462 e. The molecule has 0 saturated carbocycles. The molecule has 0 radical (unpaired) electrons. The minimum absolute atomic E-state index is 0.101. The Balaban J connectivity index is 4.26. The third-order valence-corrected chi connectivity index (χ3v) is 11.5. The zero-order chi connectivity index (χ0) is 45.8. The first-order chi connectivity index (χ1) is 31.0. The van der Waals surface area contributed by atoms with E-state index < -0.39 is 6.10 Å². The average molecular weight is 881 g/mol. The number of esters is 3. The van der Waals surface area contributed by atoms with Crippen LogP contribution in [0.3, 0.4) is 0 Å². The van der Waals surface area contributed by atoms with E-state index in [0.29, 0.717) is 19.3 Å². The first-order valence-electron chi connectivity index (χ1n) is 26.8. The van der Waals surface area contributed by atoms with Gasteiger partial charge in [-0.15, -0.1) is 0 Å². The second-order valence-corrected chi connectivity index (χ2v) is 17.8. The second-order valence-electron chi connectivity index (χ2n) is 17.8. The highest BCUT2D eigenvalue weighted by molar-refractivity contribution is 5.71. The normalized spacial score (nSPS) is 12.5. The van der Waals surface area contributed by atoms with Gasteiger partial charge < -0.3 is 14.2 Å². The average Bonchev–Trinajstić information content (AvgIpc) is 3.28. The van der Waals surface area contributed by atoms with Crippen LogP contribution in [-0.2, 0) is 28.6 Å². The number of hydrogen-bond acceptors (Lipinski definition) is 6. The number of rotatable bonds is 48. The number of hydrogen-bond donors (Lipinski definition) is 0. The van der Waals surface area contributed by atoms with E-state index in [4.69, 9.17) is 14.2 Å². The largest absolute Gasteiger partial charge is 0.462 e. The molecule has 6 nitrogen and oxygen atoms in total. The Kier molecular flexibility index (Phi) is 49.4. The molecule has 63 heavy (non-hydrogen) atoms. The Hall–Kier alpha value is -2.89. The van der Waals surface area contributed by atoms with Gasteiger partial charge in [-0.1, -0.05) is 236 Å². The van der Waals surface area contributed by atoms with Crippen LogP contribution in [0.4, 0.5) is 0 Å². The standard InChI is InChI=1S/C57H100O6/c1-4-7-10-13-16-19-21-23-24-25-26-27-28-29-30-31-32-34-35-38-41-44-47-50-56(59)62-53-54(52-61-55(58)49-46-43-40-37-18-15-12-9-6-3)63-57(60)51-48-45-42-39-36-33-22-20-17-14-11-8-5-2/h8,11,17,20,25-26,33,36,42,45,54H,4-7,9-10,12-16,18-19,21-24,27-32,34-35,37-41,43-44,46-53H2,1-3H3/b11-8-,20-17-,26-25-,36-33-,45-42-. The Morgan fingerprint density at radius 3 is 1.03 bits per heavy atom. The third-order valence-electron chi connectivity index (χ3n) is 11.5. The highest BCUT2D eigenvalue weighted by Gasteiger charge is 2.19. The van der Waals surface area contributed by atoms with Gasteiger partial charge in [-0.25, -0.2) is 0 Å². The number of carbonyl (C=O) groups excluding carboxylic acids is 3. The molecule has 0 aliphatic rings. The molecule has 0 spiro atoms. The summed E-state index contributed by atoms with van der Waals surface area (Å²) >= 11 is 0. The number of ether oxygens (including phenoxy) is 3. The van der Waals surface area contributed by atoms with Crippen molar-refractivity contribution < 1.29 is 28.6 Å². The summed E-state index contributed by atoms with van der Waals surface area (Å²) in [5.74, 6) is -0.982. The Morgan fingerprint density at radius 1 is 0.333 bits per heavy atom. The van der Waals surface area contributed by atoms with Crippen molar-refractivity contribution in [2.45, 2.75) is 271 Å². The summed E-state index contributed by atoms with van der Waals surface area (Å²) < 4.78 is 16.7. The van der Waals surface area contributed by atoms with Gasteiger partial charge in [0.1, 0.15) is 13.2 Å². The molecule has 1 unspecified atom stereocenters. The van der Waals surface area contributed by atoms with Crippen molar-refractivity contribution in [3.63, 3.8) is 0 Å². The van der Waals surface area contributed by atoms with Crippen molar-refractivity contribution >= 4 is 17.9 Å². The van der Waals surface area contributed by atoms with Gasteiger partial charge in [0.2, 0.25) is 0 Å². The van der Waals surface area contributed by atoms with Crippen molar-refractivity contribution in [1.29, 1.82) is 0 Å². The summed E-state index contributed by atoms with van der Waals surface area (Å²) in [6.45, 7) is 6.45. The van der Waals surface area contributed by atoms with Crippen LogP contribution in [0.25, 0.3) is 0 Å². The molecule has 0 aliphatic carbocycles. The molecule has 0 fully saturated rings. The van der Waals surface area contributed by atoms with Crippen LogP contribution in [0.2, 0.25) is 0 Å². The van der Waals surface area contributed by atoms with Gasteiger partial charge in [0.15, 0.2) is 6.10 Å². The lowest BCUT2D eigenvalue weighted by atomic mass is 10.0. The first kappa shape index (κ1) is 60.1. The quantitative estimate of drug-likeness (QED) is 0.0262. The Labute approximate surface area is 390 Å². The third kappa shape index (κ3) is 50.0. The van der Waals surface area contributed by atoms with Gasteiger partial charge in [-0.3, -0.25) is 14.4 Å². The summed E-state index contributed by atoms with van der Waals surface area (Å²) in [4.78, 5) is 37.8. The number of allylic oxidation sites excluding steroid dienone is 10. The summed E-state index contributed by atoms with van der Waals surface area (Å²) in [5.41, 5.74) is 0. The van der Waals surface area contributed by atoms with E-state index in [2.05, 4.69) is 69.4 Å². The molecule has 0 aromatic rings. The van der Waals surface area contributed by atoms with Gasteiger partial charge in [0, 0.05) is 19.3 Å². The van der Waals surface area contributed by atoms with Crippen molar-refractivity contribution in [1.82, 2.24) is 0 Å². The SMILES string of the molecule is CC/C=C\C/C=C\C/C=C\C/C=C\CCC(=O)OC(COC(=O)CCCCCCCCCCC)COC(=O)CCCCCCCCCCCCC/C=C\CCCCCCCCCC. The molecule has 0 N–H and O–H groups in total. The highest BCUT2D eigenvalue weighted by atomic mass is 16.6. The van der Waals surface area contributed by atoms with E-state index in [1.165, 1.54) is 154 Å². The summed E-state index contributed by atoms with van der Waals surface area (Å²) in [6, 6.07) is 0. The van der Waals surface area contributed by atoms with Crippen molar-refractivity contribution in [3.8, 4) is 0 Å². The molecule has 0 aromatic heterocycles. The Bertz CT molecular complexity index is 1150. The highest BCUT2D eigenvalue weighted by Crippen LogP contribution is 2.15. The first-order valence-corrected chi connectivity index (χ1v) is 26.8. The zero-order valence-corrected chi connectivity index (χ0v) is 41.6. The van der Waals surface area contributed by atoms with Crippen LogP contribution in [0.15, 0.2) is 60.8 Å². The monoisotopic (exact) mass is 881 g/mol. The molecule has 0 bridgehead atoms. The molecule has 0 amide bonds. The van der Waals surface area contributed by atoms with Crippen molar-refractivity contribution in [3.05, 3.63) is 60.8 Å². The maximum atomic E-state index is 12.7. The lowest BCUT2D eigenvalue weighted by Gasteiger charge is -2.18. The van der Waals surface area contributed by atoms with Crippen LogP contribution in [0.1, 0.15) is 265 Å². The van der Waals surface area contributed by atoms with Crippen LogP contribution in [-0.4, -0.2) is 37.2 Å². The minimum atomic E-state index is -0.808. The molecule has 0 heterocycles. The van der Waals surface area contributed by atoms with Gasteiger partial charge >= 0.3 is 17.9 Å². The predicted octanol–water partition coefficient (Wildman–Crippen LogP) is 17.6. The van der Waals surface area contributed by atoms with Crippen LogP contribution in [0, 0.1) is 0 Å². The van der Waals surface area contributed by atoms with Crippen molar-refractivity contribution in [2.24, 2.45) is 0 Å². The van der Waals surface area contributed by atoms with E-state index in [1.807, 2.05) is 12.2 Å². The number of carbonyl (C=O) groups is 3. The topological polar surface area (TPSA) is 78.9 Å². The van der Waals surface area contributed by atoms with Crippen LogP contribution in [0.5, 0.6) is 0 Å². The second kappa shape index (κ2) is 51.7. The molecular weight excluding hydrogens is 781 g/mol. The molecule has 364 valence electrons. The van der Waals surface area contributed by atoms with Gasteiger partial charge in [0.05, 0.1) is 0 Å². The molecule has 0 rings (SSSR count). The fraction of sp³-hybridized carbons (Fsp3) is 0.772. The fourth-order valence-corrected chi connectivity index (χ4v) is 7.51. The van der Waals surface area contributed by atoms with Crippen LogP contribution < -0.4 is 0 Å². The lowest BCUT2D eigenvalue weighted by molar-refractivity contribution is -0.166. The zero-order valence-electron chi connectivity index (χ0n) is 41.6. The maximum Gasteiger partial charge on any atom is 0.306 e. The molecule has 0 saturated heterocycles. The lowest BCUT2D eigenvalue weighted by Crippen LogP contribution is -2.30. The van der Waals surface area contributed by atoms with Crippen LogP contribution >= 0.6 is 0 Å². The van der Waals surface area contributed by atoms with E-state index in [-0.39, 0.29) is 37.5 Å². The molecule has 0 aromatic carbocycles. The smallest absolute Gasteiger partial charge is 0.306 e. The molecular formula is C57H100O6. The van der Waals surface area contributed by atoms with E-state index in [0.717, 1.165) is 64.2 Å². The summed E-state index contributed by atoms with van der Waals surface area (Å²) in [7, 11) is 0. The van der Waals surface area contributed by atoms with E-state index >= 15 is 0 Å². The van der Waals surface area contributed by atoms with E-state index in [9.17, 15) is 14.4 Å². The Morgan fingerprint density at radius 2 is 0.651 bits per heavy atom. The fourth-order valence-electron chi connectivity index (χ4n) is 7.51. The van der Waals surface area contributed by atoms with Gasteiger partial charge in [-0.2, -0.15) is 0 Å². The van der Waals surface area contributed by atoms with Crippen molar-refractivity contribution in [2.75, 3.05) is 13.2 Å².